The number of aliphatic hydroxyl groups excluding tert-OH is 3. The van der Waals surface area contributed by atoms with Crippen LogP contribution in [-0.2, 0) is 4.74 Å². The van der Waals surface area contributed by atoms with Crippen LogP contribution in [0.2, 0.25) is 0 Å². The van der Waals surface area contributed by atoms with E-state index in [1.54, 1.807) is 0 Å². The minimum absolute atomic E-state index is 0.0501. The Morgan fingerprint density at radius 3 is 2.51 bits per heavy atom. The molecule has 0 aromatic heterocycles. The Bertz CT molecular complexity index is 812. The first kappa shape index (κ1) is 27.3. The summed E-state index contributed by atoms with van der Waals surface area (Å²) in [5, 5.41) is 41.6. The topological polar surface area (TPSA) is 90.2 Å². The van der Waals surface area contributed by atoms with Crippen molar-refractivity contribution in [3.63, 3.8) is 0 Å². The number of hydrogen-bond donors (Lipinski definition) is 4. The van der Waals surface area contributed by atoms with E-state index in [0.29, 0.717) is 37.2 Å². The fourth-order valence-electron chi connectivity index (χ4n) is 8.57. The van der Waals surface area contributed by atoms with Crippen molar-refractivity contribution < 1.29 is 25.2 Å². The number of ether oxygens (including phenoxy) is 1. The highest BCUT2D eigenvalue weighted by Crippen LogP contribution is 2.66. The molecular formula is C30H50O5. The molecule has 0 amide bonds. The quantitative estimate of drug-likeness (QED) is 0.350. The van der Waals surface area contributed by atoms with Gasteiger partial charge in [-0.2, -0.15) is 0 Å². The fraction of sp³-hybridized carbons (Fsp3) is 0.867. The predicted molar refractivity (Wildman–Crippen MR) is 139 cm³/mol. The molecule has 5 nitrogen and oxygen atoms in total. The summed E-state index contributed by atoms with van der Waals surface area (Å²) in [6.45, 7) is 11.4. The second-order valence-electron chi connectivity index (χ2n) is 13.3. The summed E-state index contributed by atoms with van der Waals surface area (Å²) in [6, 6.07) is 0. The van der Waals surface area contributed by atoms with Crippen LogP contribution in [-0.4, -0.2) is 57.6 Å². The molecule has 9 atom stereocenters. The third-order valence-electron chi connectivity index (χ3n) is 10.6. The third-order valence-corrected chi connectivity index (χ3v) is 10.6. The Morgan fingerprint density at radius 1 is 1.09 bits per heavy atom. The lowest BCUT2D eigenvalue weighted by atomic mass is 9.49. The molecule has 0 heterocycles. The van der Waals surface area contributed by atoms with Crippen LogP contribution >= 0.6 is 0 Å². The van der Waals surface area contributed by atoms with E-state index in [1.807, 2.05) is 13.8 Å². The predicted octanol–water partition coefficient (Wildman–Crippen LogP) is 4.77. The number of fused-ring (bicyclic) bond motifs is 5. The number of aliphatic hydroxyl groups is 4. The van der Waals surface area contributed by atoms with Gasteiger partial charge in [-0.1, -0.05) is 56.9 Å². The maximum Gasteiger partial charge on any atom is 0.110 e. The molecule has 0 aromatic carbocycles. The van der Waals surface area contributed by atoms with Gasteiger partial charge in [0.05, 0.1) is 17.8 Å². The molecule has 9 unspecified atom stereocenters. The van der Waals surface area contributed by atoms with Crippen molar-refractivity contribution in [2.45, 2.75) is 116 Å². The lowest BCUT2D eigenvalue weighted by Crippen LogP contribution is -2.59. The normalized spacial score (nSPS) is 42.0. The molecule has 4 N–H and O–H groups in total. The Balaban J connectivity index is 1.52. The zero-order valence-electron chi connectivity index (χ0n) is 22.7. The summed E-state index contributed by atoms with van der Waals surface area (Å²) in [6.07, 6.45) is 11.3. The molecule has 4 rings (SSSR count). The van der Waals surface area contributed by atoms with Gasteiger partial charge in [-0.15, -0.1) is 0 Å². The first-order chi connectivity index (χ1) is 16.4. The van der Waals surface area contributed by atoms with Crippen molar-refractivity contribution in [2.24, 2.45) is 34.5 Å². The van der Waals surface area contributed by atoms with E-state index in [2.05, 4.69) is 32.9 Å². The molecule has 5 heteroatoms. The van der Waals surface area contributed by atoms with Crippen molar-refractivity contribution in [1.29, 1.82) is 0 Å². The van der Waals surface area contributed by atoms with E-state index in [9.17, 15) is 15.3 Å². The second-order valence-corrected chi connectivity index (χ2v) is 13.3. The van der Waals surface area contributed by atoms with Gasteiger partial charge in [0.25, 0.3) is 0 Å². The maximum absolute atomic E-state index is 11.6. The second kappa shape index (κ2) is 10.2. The van der Waals surface area contributed by atoms with E-state index in [-0.39, 0.29) is 17.9 Å². The molecule has 3 saturated carbocycles. The van der Waals surface area contributed by atoms with Crippen LogP contribution in [0.1, 0.15) is 92.4 Å². The highest BCUT2D eigenvalue weighted by Gasteiger charge is 2.60. The van der Waals surface area contributed by atoms with Gasteiger partial charge in [-0.3, -0.25) is 0 Å². The summed E-state index contributed by atoms with van der Waals surface area (Å²) < 4.78 is 5.93. The number of allylic oxidation sites excluding steroid dienone is 3. The van der Waals surface area contributed by atoms with Crippen LogP contribution in [0.15, 0.2) is 23.3 Å². The molecule has 4 aliphatic carbocycles. The van der Waals surface area contributed by atoms with Crippen molar-refractivity contribution in [1.82, 2.24) is 0 Å². The molecule has 0 saturated heterocycles. The minimum Gasteiger partial charge on any atom is -0.396 e. The zero-order chi connectivity index (χ0) is 25.6. The lowest BCUT2D eigenvalue weighted by Gasteiger charge is -2.57. The van der Waals surface area contributed by atoms with Gasteiger partial charge in [0.15, 0.2) is 0 Å². The highest BCUT2D eigenvalue weighted by molar-refractivity contribution is 5.40. The average molecular weight is 491 g/mol. The summed E-state index contributed by atoms with van der Waals surface area (Å²) in [7, 11) is 0. The highest BCUT2D eigenvalue weighted by atomic mass is 16.5. The van der Waals surface area contributed by atoms with Gasteiger partial charge in [0, 0.05) is 18.6 Å². The smallest absolute Gasteiger partial charge is 0.110 e. The summed E-state index contributed by atoms with van der Waals surface area (Å²) in [5.41, 5.74) is 1.96. The van der Waals surface area contributed by atoms with Crippen LogP contribution in [0.3, 0.4) is 0 Å². The van der Waals surface area contributed by atoms with Crippen molar-refractivity contribution in [3.8, 4) is 0 Å². The molecule has 3 fully saturated rings. The van der Waals surface area contributed by atoms with Crippen LogP contribution in [0.25, 0.3) is 0 Å². The third kappa shape index (κ3) is 4.93. The van der Waals surface area contributed by atoms with Crippen LogP contribution in [0.4, 0.5) is 0 Å². The van der Waals surface area contributed by atoms with Crippen LogP contribution in [0, 0.1) is 34.5 Å². The molecule has 0 aliphatic heterocycles. The minimum atomic E-state index is -0.757. The van der Waals surface area contributed by atoms with Gasteiger partial charge in [0.2, 0.25) is 0 Å². The van der Waals surface area contributed by atoms with E-state index in [0.717, 1.165) is 24.8 Å². The van der Waals surface area contributed by atoms with E-state index >= 15 is 0 Å². The summed E-state index contributed by atoms with van der Waals surface area (Å²) in [4.78, 5) is 0. The lowest BCUT2D eigenvalue weighted by molar-refractivity contribution is -0.162. The Kier molecular flexibility index (Phi) is 7.97. The van der Waals surface area contributed by atoms with Gasteiger partial charge in [-0.05, 0) is 87.9 Å². The molecule has 0 spiro atoms. The van der Waals surface area contributed by atoms with E-state index in [1.165, 1.54) is 31.3 Å². The maximum atomic E-state index is 11.6. The fourth-order valence-corrected chi connectivity index (χ4v) is 8.57. The van der Waals surface area contributed by atoms with E-state index < -0.39 is 29.3 Å². The largest absolute Gasteiger partial charge is 0.396 e. The van der Waals surface area contributed by atoms with Gasteiger partial charge in [0.1, 0.15) is 6.10 Å². The SMILES string of the molecule is CC(CCCC(C)(C)O)C1CCC2C3=CC=C4CC(O)C(OCCCO)C(O)C4(C)C3CCC21C. The van der Waals surface area contributed by atoms with Crippen molar-refractivity contribution >= 4 is 0 Å². The molecule has 35 heavy (non-hydrogen) atoms. The first-order valence-corrected chi connectivity index (χ1v) is 14.2. The molecular weight excluding hydrogens is 440 g/mol. The number of hydrogen-bond acceptors (Lipinski definition) is 5. The van der Waals surface area contributed by atoms with Gasteiger partial charge < -0.3 is 25.2 Å². The van der Waals surface area contributed by atoms with Crippen molar-refractivity contribution in [3.05, 3.63) is 23.3 Å². The molecule has 200 valence electrons. The van der Waals surface area contributed by atoms with E-state index in [4.69, 9.17) is 9.84 Å². The standard InChI is InChI=1S/C30H50O5/c1-19(8-6-14-28(2,3)34)22-11-12-23-21-10-9-20-18-25(32)26(35-17-7-16-31)27(33)30(20,5)24(21)13-15-29(22,23)4/h9-10,19,22-27,31-34H,6-8,11-18H2,1-5H3. The van der Waals surface area contributed by atoms with Crippen molar-refractivity contribution in [2.75, 3.05) is 13.2 Å². The van der Waals surface area contributed by atoms with Crippen LogP contribution < -0.4 is 0 Å². The molecule has 0 aromatic rings. The Hall–Kier alpha value is -0.720. The molecule has 0 bridgehead atoms. The average Bonchev–Trinajstić information content (AvgIpc) is 3.14. The number of rotatable bonds is 9. The Morgan fingerprint density at radius 2 is 1.83 bits per heavy atom. The summed E-state index contributed by atoms with van der Waals surface area (Å²) >= 11 is 0. The molecule has 0 radical (unpaired) electrons. The van der Waals surface area contributed by atoms with Gasteiger partial charge >= 0.3 is 0 Å². The Labute approximate surface area is 212 Å². The van der Waals surface area contributed by atoms with Crippen LogP contribution in [0.5, 0.6) is 0 Å². The molecule has 4 aliphatic rings. The first-order valence-electron chi connectivity index (χ1n) is 14.2. The van der Waals surface area contributed by atoms with Gasteiger partial charge in [-0.25, -0.2) is 0 Å². The monoisotopic (exact) mass is 490 g/mol. The zero-order valence-corrected chi connectivity index (χ0v) is 22.7. The summed E-state index contributed by atoms with van der Waals surface area (Å²) in [5.74, 6) is 2.18.